The maximum absolute atomic E-state index is 12.0. The van der Waals surface area contributed by atoms with Gasteiger partial charge < -0.3 is 9.47 Å². The lowest BCUT2D eigenvalue weighted by atomic mass is 10.1. The lowest BCUT2D eigenvalue weighted by Crippen LogP contribution is -2.05. The van der Waals surface area contributed by atoms with E-state index in [2.05, 4.69) is 26.3 Å². The summed E-state index contributed by atoms with van der Waals surface area (Å²) in [7, 11) is 0. The van der Waals surface area contributed by atoms with Gasteiger partial charge in [0.25, 0.3) is 0 Å². The van der Waals surface area contributed by atoms with Crippen LogP contribution in [-0.4, -0.2) is 11.9 Å². The first kappa shape index (κ1) is 24.9. The molecule has 0 unspecified atom stereocenters. The third-order valence-corrected chi connectivity index (χ3v) is 3.73. The van der Waals surface area contributed by atoms with Gasteiger partial charge >= 0.3 is 11.9 Å². The maximum atomic E-state index is 12.0. The van der Waals surface area contributed by atoms with Crippen molar-refractivity contribution in [2.75, 3.05) is 0 Å². The molecular formula is C24H30O4. The summed E-state index contributed by atoms with van der Waals surface area (Å²) < 4.78 is 10.2. The fraction of sp³-hybridized carbons (Fsp3) is 0.250. The van der Waals surface area contributed by atoms with Gasteiger partial charge in [0, 0.05) is 5.57 Å². The molecule has 0 radical (unpaired) electrons. The molecule has 0 heterocycles. The Morgan fingerprint density at radius 3 is 1.75 bits per heavy atom. The van der Waals surface area contributed by atoms with Crippen LogP contribution in [0, 0.1) is 0 Å². The molecular weight excluding hydrogens is 352 g/mol. The van der Waals surface area contributed by atoms with Crippen molar-refractivity contribution < 1.29 is 19.1 Å². The summed E-state index contributed by atoms with van der Waals surface area (Å²) in [5.74, 6) is -0.970. The second kappa shape index (κ2) is 12.3. The van der Waals surface area contributed by atoms with Gasteiger partial charge in [-0.25, -0.2) is 9.59 Å². The smallest absolute Gasteiger partial charge is 0.342 e. The maximum Gasteiger partial charge on any atom is 0.342 e. The van der Waals surface area contributed by atoms with E-state index in [9.17, 15) is 9.59 Å². The Labute approximate surface area is 168 Å². The van der Waals surface area contributed by atoms with Crippen LogP contribution in [0.15, 0.2) is 96.1 Å². The Morgan fingerprint density at radius 2 is 1.29 bits per heavy atom. The molecule has 0 aromatic rings. The number of carbonyl (C=O) groups excluding carboxylic acids is 2. The molecule has 0 amide bonds. The highest BCUT2D eigenvalue weighted by atomic mass is 16.5. The lowest BCUT2D eigenvalue weighted by molar-refractivity contribution is -0.135. The van der Waals surface area contributed by atoms with E-state index in [4.69, 9.17) is 9.47 Å². The molecule has 150 valence electrons. The SMILES string of the molecule is C=C(/C=C\C(=C)OC(=O)/C(C)=C/C=C(/C)CC)OC(=O)C(=C)/C=C(/C)C(=C)C. The van der Waals surface area contributed by atoms with Crippen molar-refractivity contribution in [2.24, 2.45) is 0 Å². The number of rotatable bonds is 10. The van der Waals surface area contributed by atoms with Crippen LogP contribution in [0.5, 0.6) is 0 Å². The number of esters is 2. The van der Waals surface area contributed by atoms with Gasteiger partial charge in [0.05, 0.1) is 5.57 Å². The zero-order chi connectivity index (χ0) is 21.9. The van der Waals surface area contributed by atoms with Crippen LogP contribution in [0.1, 0.15) is 41.0 Å². The minimum absolute atomic E-state index is 0.0681. The van der Waals surface area contributed by atoms with Crippen LogP contribution in [0.25, 0.3) is 0 Å². The summed E-state index contributed by atoms with van der Waals surface area (Å²) in [5.41, 5.74) is 3.44. The van der Waals surface area contributed by atoms with Crippen LogP contribution in [0.4, 0.5) is 0 Å². The number of carbonyl (C=O) groups is 2. The van der Waals surface area contributed by atoms with E-state index in [-0.39, 0.29) is 17.1 Å². The molecule has 0 aromatic heterocycles. The molecule has 0 aromatic carbocycles. The topological polar surface area (TPSA) is 52.6 Å². The molecule has 4 heteroatoms. The molecule has 0 rings (SSSR count). The van der Waals surface area contributed by atoms with E-state index >= 15 is 0 Å². The minimum atomic E-state index is -0.630. The number of hydrogen-bond acceptors (Lipinski definition) is 4. The Balaban J connectivity index is 4.74. The number of ether oxygens (including phenoxy) is 2. The van der Waals surface area contributed by atoms with Gasteiger partial charge in [-0.3, -0.25) is 0 Å². The van der Waals surface area contributed by atoms with Crippen molar-refractivity contribution in [3.05, 3.63) is 96.1 Å². The summed E-state index contributed by atoms with van der Waals surface area (Å²) in [5, 5.41) is 0. The molecule has 0 spiro atoms. The van der Waals surface area contributed by atoms with Crippen LogP contribution < -0.4 is 0 Å². The van der Waals surface area contributed by atoms with Gasteiger partial charge in [-0.15, -0.1) is 0 Å². The van der Waals surface area contributed by atoms with E-state index < -0.39 is 11.9 Å². The first-order valence-electron chi connectivity index (χ1n) is 8.85. The molecule has 4 nitrogen and oxygen atoms in total. The molecule has 0 aliphatic rings. The predicted octanol–water partition coefficient (Wildman–Crippen LogP) is 6.04. The summed E-state index contributed by atoms with van der Waals surface area (Å²) in [6, 6.07) is 0. The van der Waals surface area contributed by atoms with Crippen molar-refractivity contribution in [1.29, 1.82) is 0 Å². The summed E-state index contributed by atoms with van der Waals surface area (Å²) in [4.78, 5) is 23.9. The Morgan fingerprint density at radius 1 is 0.786 bits per heavy atom. The van der Waals surface area contributed by atoms with Crippen LogP contribution in [0.2, 0.25) is 0 Å². The zero-order valence-electron chi connectivity index (χ0n) is 17.6. The monoisotopic (exact) mass is 382 g/mol. The molecule has 0 fully saturated rings. The first-order valence-corrected chi connectivity index (χ1v) is 8.85. The molecule has 0 N–H and O–H groups in total. The van der Waals surface area contributed by atoms with Gasteiger partial charge in [-0.2, -0.15) is 0 Å². The highest BCUT2D eigenvalue weighted by molar-refractivity contribution is 5.92. The molecule has 0 aliphatic carbocycles. The van der Waals surface area contributed by atoms with Crippen LogP contribution in [0.3, 0.4) is 0 Å². The highest BCUT2D eigenvalue weighted by Gasteiger charge is 2.09. The van der Waals surface area contributed by atoms with Gasteiger partial charge in [0.1, 0.15) is 11.5 Å². The van der Waals surface area contributed by atoms with E-state index in [1.807, 2.05) is 33.8 Å². The van der Waals surface area contributed by atoms with E-state index in [1.54, 1.807) is 19.1 Å². The van der Waals surface area contributed by atoms with Crippen molar-refractivity contribution in [1.82, 2.24) is 0 Å². The van der Waals surface area contributed by atoms with Crippen molar-refractivity contribution in [2.45, 2.75) is 41.0 Å². The van der Waals surface area contributed by atoms with Gasteiger partial charge in [0.15, 0.2) is 0 Å². The molecule has 0 saturated carbocycles. The largest absolute Gasteiger partial charge is 0.424 e. The second-order valence-electron chi connectivity index (χ2n) is 6.39. The summed E-state index contributed by atoms with van der Waals surface area (Å²) in [6.45, 7) is 24.0. The number of allylic oxidation sites excluding steroid dienone is 7. The van der Waals surface area contributed by atoms with E-state index in [0.717, 1.165) is 23.1 Å². The molecule has 28 heavy (non-hydrogen) atoms. The average Bonchev–Trinajstić information content (AvgIpc) is 2.63. The van der Waals surface area contributed by atoms with E-state index in [0.29, 0.717) is 5.57 Å². The predicted molar refractivity (Wildman–Crippen MR) is 115 cm³/mol. The second-order valence-corrected chi connectivity index (χ2v) is 6.39. The Hall–Kier alpha value is -3.14. The normalized spacial score (nSPS) is 12.5. The fourth-order valence-electron chi connectivity index (χ4n) is 1.53. The third kappa shape index (κ3) is 10.1. The Kier molecular flexibility index (Phi) is 10.9. The van der Waals surface area contributed by atoms with Crippen LogP contribution >= 0.6 is 0 Å². The van der Waals surface area contributed by atoms with Crippen molar-refractivity contribution >= 4 is 11.9 Å². The average molecular weight is 383 g/mol. The molecule has 0 bridgehead atoms. The highest BCUT2D eigenvalue weighted by Crippen LogP contribution is 2.12. The Bertz CT molecular complexity index is 798. The molecule has 0 aliphatic heterocycles. The van der Waals surface area contributed by atoms with E-state index in [1.165, 1.54) is 12.2 Å². The summed E-state index contributed by atoms with van der Waals surface area (Å²) >= 11 is 0. The lowest BCUT2D eigenvalue weighted by Gasteiger charge is -2.06. The fourth-order valence-corrected chi connectivity index (χ4v) is 1.53. The molecule has 0 atom stereocenters. The quantitative estimate of drug-likeness (QED) is 0.200. The van der Waals surface area contributed by atoms with Crippen molar-refractivity contribution in [3.63, 3.8) is 0 Å². The number of hydrogen-bond donors (Lipinski definition) is 0. The first-order chi connectivity index (χ1) is 13.0. The van der Waals surface area contributed by atoms with Gasteiger partial charge in [0.2, 0.25) is 0 Å². The molecule has 0 saturated heterocycles. The summed E-state index contributed by atoms with van der Waals surface area (Å²) in [6.07, 6.45) is 8.84. The zero-order valence-corrected chi connectivity index (χ0v) is 17.6. The minimum Gasteiger partial charge on any atom is -0.424 e. The van der Waals surface area contributed by atoms with Gasteiger partial charge in [-0.05, 0) is 57.9 Å². The van der Waals surface area contributed by atoms with Crippen molar-refractivity contribution in [3.8, 4) is 0 Å². The van der Waals surface area contributed by atoms with Gasteiger partial charge in [-0.1, -0.05) is 56.5 Å². The van der Waals surface area contributed by atoms with Crippen LogP contribution in [-0.2, 0) is 19.1 Å². The standard InChI is InChI=1S/C24H30O4/c1-10-17(4)11-12-18(5)23(25)27-21(8)13-14-22(9)28-24(26)20(7)15-19(6)16(2)3/h11-15H,2,7-10H2,1,3-6H3/b14-13-,17-11-,18-12+,19-15-. The third-order valence-electron chi connectivity index (χ3n) is 3.73.